The van der Waals surface area contributed by atoms with Crippen molar-refractivity contribution < 1.29 is 24.2 Å². The number of methoxy groups -OCH3 is 2. The first kappa shape index (κ1) is 25.9. The molecule has 188 valence electrons. The van der Waals surface area contributed by atoms with E-state index in [1.807, 2.05) is 13.0 Å². The van der Waals surface area contributed by atoms with E-state index in [9.17, 15) is 14.7 Å². The van der Waals surface area contributed by atoms with Gasteiger partial charge in [-0.1, -0.05) is 48.0 Å². The van der Waals surface area contributed by atoms with Crippen LogP contribution in [0.2, 0.25) is 0 Å². The first-order valence-corrected chi connectivity index (χ1v) is 12.6. The van der Waals surface area contributed by atoms with Crippen LogP contribution in [-0.2, 0) is 16.9 Å². The monoisotopic (exact) mass is 551 g/mol. The maximum Gasteiger partial charge on any atom is 0.264 e. The van der Waals surface area contributed by atoms with Crippen molar-refractivity contribution in [2.75, 3.05) is 19.1 Å². The number of halogens is 1. The van der Waals surface area contributed by atoms with E-state index < -0.39 is 23.7 Å². The Morgan fingerprint density at radius 2 is 1.81 bits per heavy atom. The third-order valence-corrected chi connectivity index (χ3v) is 7.28. The Balaban J connectivity index is 1.72. The Morgan fingerprint density at radius 3 is 2.47 bits per heavy atom. The van der Waals surface area contributed by atoms with Crippen LogP contribution in [0, 0.1) is 6.92 Å². The Labute approximate surface area is 220 Å². The second-order valence-corrected chi connectivity index (χ2v) is 10.3. The quantitative estimate of drug-likeness (QED) is 0.352. The molecule has 0 unspecified atom stereocenters. The normalized spacial score (nSPS) is 16.9. The van der Waals surface area contributed by atoms with Gasteiger partial charge in [-0.05, 0) is 59.9 Å². The summed E-state index contributed by atoms with van der Waals surface area (Å²) in [6.45, 7) is 6.55. The summed E-state index contributed by atoms with van der Waals surface area (Å²) in [6, 6.07) is 16.4. The molecule has 3 aromatic carbocycles. The molecule has 3 aromatic rings. The highest BCUT2D eigenvalue weighted by atomic mass is 79.9. The van der Waals surface area contributed by atoms with E-state index in [2.05, 4.69) is 48.0 Å². The van der Waals surface area contributed by atoms with Gasteiger partial charge in [-0.25, -0.2) is 0 Å². The summed E-state index contributed by atoms with van der Waals surface area (Å²) >= 11 is 3.45. The third kappa shape index (κ3) is 4.65. The Kier molecular flexibility index (Phi) is 7.25. The average Bonchev–Trinajstić information content (AvgIpc) is 3.05. The van der Waals surface area contributed by atoms with Crippen LogP contribution in [-0.4, -0.2) is 31.0 Å². The van der Waals surface area contributed by atoms with Gasteiger partial charge in [0.25, 0.3) is 5.91 Å². The van der Waals surface area contributed by atoms with Crippen molar-refractivity contribution in [1.82, 2.24) is 0 Å². The minimum Gasteiger partial charge on any atom is -0.497 e. The van der Waals surface area contributed by atoms with E-state index in [-0.39, 0.29) is 5.56 Å². The van der Waals surface area contributed by atoms with Crippen LogP contribution in [0.3, 0.4) is 0 Å². The Bertz CT molecular complexity index is 1340. The zero-order valence-electron chi connectivity index (χ0n) is 21.1. The Hall–Kier alpha value is -3.16. The smallest absolute Gasteiger partial charge is 0.264 e. The topological polar surface area (TPSA) is 76.1 Å². The molecular formula is C29H30BrNO5. The van der Waals surface area contributed by atoms with Gasteiger partial charge < -0.3 is 19.5 Å². The number of Topliss-reactive ketones (excluding diaryl/α,β-unsaturated/α-hetero) is 1. The lowest BCUT2D eigenvalue weighted by Gasteiger charge is -2.24. The fraction of sp³-hybridized carbons (Fsp3) is 0.310. The summed E-state index contributed by atoms with van der Waals surface area (Å²) in [5.74, 6) is 0.275. The molecule has 1 atom stereocenters. The van der Waals surface area contributed by atoms with E-state index in [0.717, 1.165) is 11.1 Å². The minimum atomic E-state index is -2.01. The fourth-order valence-electron chi connectivity index (χ4n) is 4.60. The number of aryl methyl sites for hydroxylation is 1. The molecule has 1 heterocycles. The number of aliphatic hydroxyl groups is 1. The number of carbonyl (C=O) groups is 2. The third-order valence-electron chi connectivity index (χ3n) is 6.79. The molecule has 0 saturated heterocycles. The minimum absolute atomic E-state index is 0.273. The molecule has 0 fully saturated rings. The lowest BCUT2D eigenvalue weighted by atomic mass is 9.88. The van der Waals surface area contributed by atoms with Crippen molar-refractivity contribution in [3.63, 3.8) is 0 Å². The number of benzene rings is 3. The van der Waals surface area contributed by atoms with Gasteiger partial charge in [-0.15, -0.1) is 0 Å². The van der Waals surface area contributed by atoms with Crippen molar-refractivity contribution in [2.24, 2.45) is 0 Å². The number of rotatable bonds is 8. The number of ketones is 1. The van der Waals surface area contributed by atoms with Gasteiger partial charge in [0.1, 0.15) is 11.5 Å². The molecule has 36 heavy (non-hydrogen) atoms. The average molecular weight is 552 g/mol. The Morgan fingerprint density at radius 1 is 1.06 bits per heavy atom. The van der Waals surface area contributed by atoms with Crippen molar-refractivity contribution >= 4 is 33.3 Å². The highest BCUT2D eigenvalue weighted by Crippen LogP contribution is 2.45. The number of fused-ring (bicyclic) bond motifs is 1. The van der Waals surface area contributed by atoms with Gasteiger partial charge in [0.2, 0.25) is 0 Å². The predicted molar refractivity (Wildman–Crippen MR) is 143 cm³/mol. The molecule has 0 saturated carbocycles. The lowest BCUT2D eigenvalue weighted by Crippen LogP contribution is -2.41. The summed E-state index contributed by atoms with van der Waals surface area (Å²) in [6.07, 6.45) is -0.417. The number of ether oxygens (including phenoxy) is 2. The van der Waals surface area contributed by atoms with Crippen LogP contribution in [0.25, 0.3) is 0 Å². The molecule has 4 rings (SSSR count). The fourth-order valence-corrected chi connectivity index (χ4v) is 4.96. The second-order valence-electron chi connectivity index (χ2n) is 9.42. The highest BCUT2D eigenvalue weighted by molar-refractivity contribution is 9.10. The molecule has 0 aliphatic carbocycles. The van der Waals surface area contributed by atoms with E-state index >= 15 is 0 Å². The van der Waals surface area contributed by atoms with Gasteiger partial charge in [-0.3, -0.25) is 9.59 Å². The number of hydrogen-bond acceptors (Lipinski definition) is 5. The van der Waals surface area contributed by atoms with Crippen molar-refractivity contribution in [2.45, 2.75) is 45.3 Å². The van der Waals surface area contributed by atoms with Crippen molar-refractivity contribution in [1.29, 1.82) is 0 Å². The molecule has 1 aliphatic rings. The molecule has 1 aliphatic heterocycles. The van der Waals surface area contributed by atoms with Gasteiger partial charge >= 0.3 is 0 Å². The maximum absolute atomic E-state index is 13.8. The molecule has 1 amide bonds. The number of amides is 1. The van der Waals surface area contributed by atoms with E-state index in [4.69, 9.17) is 9.47 Å². The lowest BCUT2D eigenvalue weighted by molar-refractivity contribution is -0.136. The number of carbonyl (C=O) groups excluding carboxylic acids is 2. The maximum atomic E-state index is 13.8. The molecule has 0 bridgehead atoms. The number of nitrogens with zero attached hydrogens (tertiary/aromatic N) is 1. The van der Waals surface area contributed by atoms with E-state index in [1.54, 1.807) is 35.2 Å². The van der Waals surface area contributed by atoms with E-state index in [0.29, 0.717) is 39.7 Å². The van der Waals surface area contributed by atoms with Crippen LogP contribution in [0.15, 0.2) is 59.1 Å². The predicted octanol–water partition coefficient (Wildman–Crippen LogP) is 5.91. The van der Waals surface area contributed by atoms with Crippen LogP contribution in [0.4, 0.5) is 5.69 Å². The molecule has 0 radical (unpaired) electrons. The van der Waals surface area contributed by atoms with Gasteiger partial charge in [0.15, 0.2) is 11.4 Å². The molecule has 0 spiro atoms. The highest BCUT2D eigenvalue weighted by Gasteiger charge is 2.51. The summed E-state index contributed by atoms with van der Waals surface area (Å²) in [5.41, 5.74) is 2.49. The van der Waals surface area contributed by atoms with Crippen LogP contribution in [0.5, 0.6) is 11.5 Å². The molecular weight excluding hydrogens is 522 g/mol. The second kappa shape index (κ2) is 10.1. The van der Waals surface area contributed by atoms with E-state index in [1.165, 1.54) is 19.8 Å². The summed E-state index contributed by atoms with van der Waals surface area (Å²) in [4.78, 5) is 28.8. The SMILES string of the molecule is COc1ccc(C(=O)C[C@]2(O)C(=O)N(Cc3cc(C(C)C)ccc3C)c3ccc(Br)cc32)c(OC)c1. The summed E-state index contributed by atoms with van der Waals surface area (Å²) in [5, 5.41) is 11.8. The summed E-state index contributed by atoms with van der Waals surface area (Å²) in [7, 11) is 2.99. The number of anilines is 1. The van der Waals surface area contributed by atoms with Crippen molar-refractivity contribution in [3.05, 3.63) is 86.9 Å². The molecule has 6 nitrogen and oxygen atoms in total. The van der Waals surface area contributed by atoms with Gasteiger partial charge in [0.05, 0.1) is 38.4 Å². The molecule has 1 N–H and O–H groups in total. The van der Waals surface area contributed by atoms with Crippen LogP contribution in [0.1, 0.15) is 58.8 Å². The first-order chi connectivity index (χ1) is 17.1. The van der Waals surface area contributed by atoms with Crippen LogP contribution < -0.4 is 14.4 Å². The molecule has 0 aromatic heterocycles. The van der Waals surface area contributed by atoms with Gasteiger partial charge in [-0.2, -0.15) is 0 Å². The van der Waals surface area contributed by atoms with Crippen molar-refractivity contribution in [3.8, 4) is 11.5 Å². The van der Waals surface area contributed by atoms with Crippen LogP contribution >= 0.6 is 15.9 Å². The molecule has 7 heteroatoms. The summed E-state index contributed by atoms with van der Waals surface area (Å²) < 4.78 is 11.3. The number of hydrogen-bond donors (Lipinski definition) is 1. The first-order valence-electron chi connectivity index (χ1n) is 11.8. The zero-order chi connectivity index (χ0) is 26.2. The largest absolute Gasteiger partial charge is 0.497 e. The standard InChI is InChI=1S/C29H30BrNO5/c1-17(2)19-7-6-18(3)20(12-19)16-31-25-11-8-21(30)13-24(25)29(34,28(31)33)15-26(32)23-10-9-22(35-4)14-27(23)36-5/h6-14,17,34H,15-16H2,1-5H3/t29-/m1/s1. The van der Waals surface area contributed by atoms with Gasteiger partial charge in [0, 0.05) is 16.1 Å². The zero-order valence-corrected chi connectivity index (χ0v) is 22.7.